The molecule has 3 aromatic carbocycles. The predicted molar refractivity (Wildman–Crippen MR) is 142 cm³/mol. The molecule has 4 heteroatoms. The monoisotopic (exact) mass is 461 g/mol. The average Bonchev–Trinajstić information content (AvgIpc) is 2.79. The summed E-state index contributed by atoms with van der Waals surface area (Å²) in [7, 11) is 0. The van der Waals surface area contributed by atoms with E-state index in [9.17, 15) is 0 Å². The van der Waals surface area contributed by atoms with Gasteiger partial charge in [0, 0.05) is 18.3 Å². The van der Waals surface area contributed by atoms with Crippen LogP contribution in [-0.4, -0.2) is 26.4 Å². The zero-order valence-electron chi connectivity index (χ0n) is 21.5. The lowest BCUT2D eigenvalue weighted by molar-refractivity contribution is 0.217. The first-order valence-electron chi connectivity index (χ1n) is 12.1. The van der Waals surface area contributed by atoms with Gasteiger partial charge in [-0.3, -0.25) is 0 Å². The number of benzene rings is 3. The number of rotatable bonds is 10. The second-order valence-corrected chi connectivity index (χ2v) is 10.5. The highest BCUT2D eigenvalue weighted by atomic mass is 16.5. The fourth-order valence-corrected chi connectivity index (χ4v) is 3.60. The lowest BCUT2D eigenvalue weighted by Crippen LogP contribution is -2.19. The van der Waals surface area contributed by atoms with Crippen LogP contribution in [0.4, 0.5) is 5.69 Å². The quantitative estimate of drug-likeness (QED) is 0.323. The molecule has 0 unspecified atom stereocenters. The van der Waals surface area contributed by atoms with E-state index in [1.54, 1.807) is 0 Å². The summed E-state index contributed by atoms with van der Waals surface area (Å²) in [5.74, 6) is 2.62. The highest BCUT2D eigenvalue weighted by molar-refractivity contribution is 5.48. The van der Waals surface area contributed by atoms with Gasteiger partial charge in [0.1, 0.15) is 37.1 Å². The molecule has 0 atom stereocenters. The summed E-state index contributed by atoms with van der Waals surface area (Å²) in [6, 6.07) is 24.3. The van der Waals surface area contributed by atoms with Crippen LogP contribution in [0.2, 0.25) is 0 Å². The summed E-state index contributed by atoms with van der Waals surface area (Å²) < 4.78 is 17.7. The zero-order valence-corrected chi connectivity index (χ0v) is 21.5. The number of para-hydroxylation sites is 1. The molecule has 0 fully saturated rings. The number of hydrogen-bond acceptors (Lipinski definition) is 4. The van der Waals surface area contributed by atoms with Gasteiger partial charge in [-0.15, -0.1) is 0 Å². The summed E-state index contributed by atoms with van der Waals surface area (Å²) in [5.41, 5.74) is 3.70. The predicted octanol–water partition coefficient (Wildman–Crippen LogP) is 7.23. The molecule has 0 aromatic heterocycles. The summed E-state index contributed by atoms with van der Waals surface area (Å²) >= 11 is 0. The maximum Gasteiger partial charge on any atom is 0.123 e. The molecule has 4 nitrogen and oxygen atoms in total. The highest BCUT2D eigenvalue weighted by Gasteiger charge is 2.23. The van der Waals surface area contributed by atoms with Crippen LogP contribution >= 0.6 is 0 Å². The van der Waals surface area contributed by atoms with Gasteiger partial charge in [-0.2, -0.15) is 0 Å². The first kappa shape index (κ1) is 25.5. The molecule has 0 amide bonds. The van der Waals surface area contributed by atoms with Crippen molar-refractivity contribution < 1.29 is 14.2 Å². The van der Waals surface area contributed by atoms with Crippen molar-refractivity contribution >= 4 is 5.69 Å². The van der Waals surface area contributed by atoms with Gasteiger partial charge in [0.05, 0.1) is 0 Å². The molecular weight excluding hydrogens is 422 g/mol. The van der Waals surface area contributed by atoms with Crippen molar-refractivity contribution in [3.05, 3.63) is 83.9 Å². The van der Waals surface area contributed by atoms with Crippen molar-refractivity contribution in [2.75, 3.05) is 31.7 Å². The first-order chi connectivity index (χ1) is 16.1. The molecule has 0 heterocycles. The van der Waals surface area contributed by atoms with Gasteiger partial charge in [-0.25, -0.2) is 0 Å². The first-order valence-corrected chi connectivity index (χ1v) is 12.1. The third kappa shape index (κ3) is 7.72. The Kier molecular flexibility index (Phi) is 8.49. The molecule has 0 aliphatic heterocycles. The van der Waals surface area contributed by atoms with Gasteiger partial charge in [-0.1, -0.05) is 77.9 Å². The Labute approximate surface area is 205 Å². The van der Waals surface area contributed by atoms with E-state index in [-0.39, 0.29) is 10.8 Å². The van der Waals surface area contributed by atoms with Crippen LogP contribution in [-0.2, 0) is 10.8 Å². The number of anilines is 1. The van der Waals surface area contributed by atoms with Crippen LogP contribution < -0.4 is 19.5 Å². The minimum absolute atomic E-state index is 0.0138. The molecule has 3 rings (SSSR count). The molecule has 0 saturated heterocycles. The number of ether oxygens (including phenoxy) is 3. The molecule has 0 bridgehead atoms. The van der Waals surface area contributed by atoms with Crippen LogP contribution in [0.25, 0.3) is 0 Å². The number of hydrogen-bond donors (Lipinski definition) is 1. The largest absolute Gasteiger partial charge is 0.491 e. The molecule has 1 N–H and O–H groups in total. The molecular formula is C30H39NO3. The summed E-state index contributed by atoms with van der Waals surface area (Å²) in [4.78, 5) is 0. The molecule has 0 spiro atoms. The van der Waals surface area contributed by atoms with E-state index in [4.69, 9.17) is 14.2 Å². The summed E-state index contributed by atoms with van der Waals surface area (Å²) in [6.07, 6.45) is 0. The van der Waals surface area contributed by atoms with E-state index in [2.05, 4.69) is 65.1 Å². The van der Waals surface area contributed by atoms with Crippen LogP contribution in [0, 0.1) is 0 Å². The second-order valence-electron chi connectivity index (χ2n) is 10.5. The minimum atomic E-state index is 0.0138. The Morgan fingerprint density at radius 2 is 1.29 bits per heavy atom. The maximum atomic E-state index is 6.19. The van der Waals surface area contributed by atoms with Crippen LogP contribution in [0.3, 0.4) is 0 Å². The lowest BCUT2D eigenvalue weighted by atomic mass is 9.80. The van der Waals surface area contributed by atoms with Crippen molar-refractivity contribution in [2.24, 2.45) is 0 Å². The standard InChI is InChI=1S/C30H39NO3/c1-29(2,3)23-15-16-28(27(21-23)30(4,5)6)34-18-17-31-24-11-10-14-26(22-24)33-20-19-32-25-12-8-7-9-13-25/h7-16,21-22,31H,17-20H2,1-6H3. The van der Waals surface area contributed by atoms with E-state index in [0.717, 1.165) is 22.9 Å². The molecule has 182 valence electrons. The summed E-state index contributed by atoms with van der Waals surface area (Å²) in [5, 5.41) is 3.43. The van der Waals surface area contributed by atoms with E-state index in [0.29, 0.717) is 26.4 Å². The Hall–Kier alpha value is -3.14. The van der Waals surface area contributed by atoms with E-state index in [1.165, 1.54) is 11.1 Å². The minimum Gasteiger partial charge on any atom is -0.491 e. The van der Waals surface area contributed by atoms with Crippen LogP contribution in [0.5, 0.6) is 17.2 Å². The average molecular weight is 462 g/mol. The van der Waals surface area contributed by atoms with Crippen LogP contribution in [0.15, 0.2) is 72.8 Å². The van der Waals surface area contributed by atoms with Crippen molar-refractivity contribution in [1.29, 1.82) is 0 Å². The Balaban J connectivity index is 1.48. The third-order valence-electron chi connectivity index (χ3n) is 5.54. The Bertz CT molecular complexity index is 1030. The SMILES string of the molecule is CC(C)(C)c1ccc(OCCNc2cccc(OCCOc3ccccc3)c2)c(C(C)(C)C)c1. The molecule has 0 saturated carbocycles. The van der Waals surface area contributed by atoms with Gasteiger partial charge in [-0.05, 0) is 52.3 Å². The summed E-state index contributed by atoms with van der Waals surface area (Å²) in [6.45, 7) is 15.7. The topological polar surface area (TPSA) is 39.7 Å². The van der Waals surface area contributed by atoms with Gasteiger partial charge in [0.2, 0.25) is 0 Å². The maximum absolute atomic E-state index is 6.19. The molecule has 3 aromatic rings. The van der Waals surface area contributed by atoms with E-state index < -0.39 is 0 Å². The molecule has 0 aliphatic rings. The van der Waals surface area contributed by atoms with Gasteiger partial charge < -0.3 is 19.5 Å². The van der Waals surface area contributed by atoms with Crippen molar-refractivity contribution in [1.82, 2.24) is 0 Å². The smallest absolute Gasteiger partial charge is 0.123 e. The van der Waals surface area contributed by atoms with Crippen molar-refractivity contribution in [2.45, 2.75) is 52.4 Å². The molecule has 0 aliphatic carbocycles. The number of nitrogens with one attached hydrogen (secondary N) is 1. The zero-order chi connectivity index (χ0) is 24.6. The van der Waals surface area contributed by atoms with Gasteiger partial charge in [0.25, 0.3) is 0 Å². The second kappa shape index (κ2) is 11.3. The van der Waals surface area contributed by atoms with Gasteiger partial charge >= 0.3 is 0 Å². The Morgan fingerprint density at radius 3 is 1.97 bits per heavy atom. The fraction of sp³-hybridized carbons (Fsp3) is 0.400. The Morgan fingerprint density at radius 1 is 0.618 bits per heavy atom. The molecule has 34 heavy (non-hydrogen) atoms. The fourth-order valence-electron chi connectivity index (χ4n) is 3.60. The van der Waals surface area contributed by atoms with Crippen molar-refractivity contribution in [3.8, 4) is 17.2 Å². The highest BCUT2D eigenvalue weighted by Crippen LogP contribution is 2.35. The van der Waals surface area contributed by atoms with E-state index >= 15 is 0 Å². The normalized spacial score (nSPS) is 11.7. The van der Waals surface area contributed by atoms with Crippen molar-refractivity contribution in [3.63, 3.8) is 0 Å². The third-order valence-corrected chi connectivity index (χ3v) is 5.54. The van der Waals surface area contributed by atoms with E-state index in [1.807, 2.05) is 54.6 Å². The van der Waals surface area contributed by atoms with Gasteiger partial charge in [0.15, 0.2) is 0 Å². The lowest BCUT2D eigenvalue weighted by Gasteiger charge is -2.27. The molecule has 0 radical (unpaired) electrons. The van der Waals surface area contributed by atoms with Crippen LogP contribution in [0.1, 0.15) is 52.7 Å².